The van der Waals surface area contributed by atoms with Crippen molar-refractivity contribution in [3.05, 3.63) is 35.8 Å². The molecule has 100 valence electrons. The van der Waals surface area contributed by atoms with Crippen molar-refractivity contribution in [2.75, 3.05) is 17.2 Å². The monoisotopic (exact) mass is 259 g/mol. The summed E-state index contributed by atoms with van der Waals surface area (Å²) >= 11 is 0. The van der Waals surface area contributed by atoms with Crippen molar-refractivity contribution < 1.29 is 4.79 Å². The van der Waals surface area contributed by atoms with Gasteiger partial charge in [-0.1, -0.05) is 0 Å². The zero-order valence-corrected chi connectivity index (χ0v) is 11.3. The zero-order chi connectivity index (χ0) is 13.8. The van der Waals surface area contributed by atoms with Crippen molar-refractivity contribution in [1.29, 1.82) is 0 Å². The lowest BCUT2D eigenvalue weighted by Gasteiger charge is -2.06. The largest absolute Gasteiger partial charge is 0.384 e. The topological polar surface area (TPSA) is 71.8 Å². The Kier molecular flexibility index (Phi) is 3.79. The number of rotatable bonds is 4. The average molecular weight is 259 g/mol. The minimum Gasteiger partial charge on any atom is -0.384 e. The van der Waals surface area contributed by atoms with Gasteiger partial charge in [0.2, 0.25) is 0 Å². The molecule has 2 rings (SSSR count). The second-order valence-corrected chi connectivity index (χ2v) is 4.21. The van der Waals surface area contributed by atoms with E-state index in [0.29, 0.717) is 11.5 Å². The van der Waals surface area contributed by atoms with Crippen LogP contribution in [0.2, 0.25) is 0 Å². The predicted molar refractivity (Wildman–Crippen MR) is 74.3 cm³/mol. The molecule has 0 spiro atoms. The van der Waals surface area contributed by atoms with Crippen LogP contribution in [0.5, 0.6) is 0 Å². The Hall–Kier alpha value is -2.37. The first-order valence-corrected chi connectivity index (χ1v) is 6.12. The Labute approximate surface area is 111 Å². The van der Waals surface area contributed by atoms with Crippen molar-refractivity contribution in [2.24, 2.45) is 7.05 Å². The summed E-state index contributed by atoms with van der Waals surface area (Å²) < 4.78 is 1.63. The third kappa shape index (κ3) is 3.09. The van der Waals surface area contributed by atoms with Crippen LogP contribution in [0.25, 0.3) is 0 Å². The first-order valence-electron chi connectivity index (χ1n) is 6.12. The van der Waals surface area contributed by atoms with Gasteiger partial charge in [0, 0.05) is 19.7 Å². The normalized spacial score (nSPS) is 10.3. The lowest BCUT2D eigenvalue weighted by molar-refractivity contribution is 0.102. The number of hydrogen-bond donors (Lipinski definition) is 2. The van der Waals surface area contributed by atoms with Gasteiger partial charge >= 0.3 is 0 Å². The molecular weight excluding hydrogens is 242 g/mol. The van der Waals surface area contributed by atoms with E-state index in [1.807, 2.05) is 26.0 Å². The van der Waals surface area contributed by atoms with Gasteiger partial charge in [0.25, 0.3) is 5.91 Å². The maximum atomic E-state index is 12.0. The van der Waals surface area contributed by atoms with E-state index < -0.39 is 0 Å². The number of aromatic nitrogens is 3. The van der Waals surface area contributed by atoms with Crippen LogP contribution in [-0.4, -0.2) is 27.2 Å². The molecule has 0 aliphatic heterocycles. The second-order valence-electron chi connectivity index (χ2n) is 4.21. The summed E-state index contributed by atoms with van der Waals surface area (Å²) in [6.45, 7) is 4.70. The summed E-state index contributed by atoms with van der Waals surface area (Å²) in [4.78, 5) is 16.1. The highest BCUT2D eigenvalue weighted by Gasteiger charge is 2.10. The average Bonchev–Trinajstić information content (AvgIpc) is 2.69. The van der Waals surface area contributed by atoms with Gasteiger partial charge in [0.05, 0.1) is 17.6 Å². The van der Waals surface area contributed by atoms with Crippen LogP contribution in [0, 0.1) is 6.92 Å². The molecule has 0 radical (unpaired) electrons. The highest BCUT2D eigenvalue weighted by Crippen LogP contribution is 2.11. The third-order valence-electron chi connectivity index (χ3n) is 2.62. The zero-order valence-electron chi connectivity index (χ0n) is 11.3. The van der Waals surface area contributed by atoms with Gasteiger partial charge in [-0.15, -0.1) is 0 Å². The van der Waals surface area contributed by atoms with Crippen LogP contribution >= 0.6 is 0 Å². The minimum absolute atomic E-state index is 0.244. The summed E-state index contributed by atoms with van der Waals surface area (Å²) in [5, 5.41) is 10.1. The first-order chi connectivity index (χ1) is 9.10. The number of carbonyl (C=O) groups is 1. The Morgan fingerprint density at radius 3 is 2.74 bits per heavy atom. The summed E-state index contributed by atoms with van der Waals surface area (Å²) in [5.41, 5.74) is 2.13. The van der Waals surface area contributed by atoms with E-state index in [1.54, 1.807) is 24.0 Å². The van der Waals surface area contributed by atoms with Gasteiger partial charge in [-0.05, 0) is 26.0 Å². The molecule has 0 unspecified atom stereocenters. The summed E-state index contributed by atoms with van der Waals surface area (Å²) in [6, 6.07) is 5.33. The maximum Gasteiger partial charge on any atom is 0.275 e. The smallest absolute Gasteiger partial charge is 0.275 e. The van der Waals surface area contributed by atoms with Crippen LogP contribution in [-0.2, 0) is 7.05 Å². The van der Waals surface area contributed by atoms with Crippen molar-refractivity contribution in [2.45, 2.75) is 13.8 Å². The Morgan fingerprint density at radius 1 is 1.42 bits per heavy atom. The number of nitrogens with zero attached hydrogens (tertiary/aromatic N) is 3. The lowest BCUT2D eigenvalue weighted by Crippen LogP contribution is -2.16. The van der Waals surface area contributed by atoms with E-state index in [1.165, 1.54) is 0 Å². The van der Waals surface area contributed by atoms with Gasteiger partial charge in [0.15, 0.2) is 0 Å². The fourth-order valence-electron chi connectivity index (χ4n) is 1.74. The molecule has 0 aliphatic rings. The highest BCUT2D eigenvalue weighted by molar-refractivity contribution is 6.02. The van der Waals surface area contributed by atoms with Crippen molar-refractivity contribution in [3.63, 3.8) is 0 Å². The molecule has 1 amide bonds. The van der Waals surface area contributed by atoms with Crippen LogP contribution in [0.1, 0.15) is 23.1 Å². The molecule has 19 heavy (non-hydrogen) atoms. The van der Waals surface area contributed by atoms with Crippen LogP contribution in [0.4, 0.5) is 11.5 Å². The molecule has 0 aliphatic carbocycles. The first kappa shape index (κ1) is 13.1. The Balaban J connectivity index is 2.09. The van der Waals surface area contributed by atoms with Gasteiger partial charge < -0.3 is 10.6 Å². The molecular formula is C13H17N5O. The Morgan fingerprint density at radius 2 is 2.21 bits per heavy atom. The maximum absolute atomic E-state index is 12.0. The predicted octanol–water partition coefficient (Wildman–Crippen LogP) is 1.81. The van der Waals surface area contributed by atoms with Gasteiger partial charge in [0.1, 0.15) is 11.5 Å². The molecule has 0 aromatic carbocycles. The van der Waals surface area contributed by atoms with Crippen LogP contribution in [0.3, 0.4) is 0 Å². The van der Waals surface area contributed by atoms with Crippen molar-refractivity contribution >= 4 is 17.4 Å². The number of anilines is 2. The molecule has 2 aromatic rings. The molecule has 0 fully saturated rings. The molecule has 0 saturated heterocycles. The van der Waals surface area contributed by atoms with E-state index in [4.69, 9.17) is 0 Å². The molecule has 6 nitrogen and oxygen atoms in total. The number of aryl methyl sites for hydroxylation is 2. The number of amides is 1. The van der Waals surface area contributed by atoms with E-state index in [0.717, 1.165) is 17.9 Å². The number of hydrogen-bond acceptors (Lipinski definition) is 4. The Bertz CT molecular complexity index is 573. The lowest BCUT2D eigenvalue weighted by atomic mass is 10.3. The SMILES string of the molecule is CCNc1ccc(C(=O)Nc2cc(C)nn2C)nc1. The molecule has 2 heterocycles. The fourth-order valence-corrected chi connectivity index (χ4v) is 1.74. The van der Waals surface area contributed by atoms with Crippen LogP contribution < -0.4 is 10.6 Å². The van der Waals surface area contributed by atoms with E-state index in [2.05, 4.69) is 20.7 Å². The molecule has 2 N–H and O–H groups in total. The summed E-state index contributed by atoms with van der Waals surface area (Å²) in [6.07, 6.45) is 1.65. The quantitative estimate of drug-likeness (QED) is 0.878. The molecule has 0 bridgehead atoms. The number of carbonyl (C=O) groups excluding carboxylic acids is 1. The molecule has 0 saturated carbocycles. The summed E-state index contributed by atoms with van der Waals surface area (Å²) in [5.74, 6) is 0.408. The number of nitrogens with one attached hydrogen (secondary N) is 2. The minimum atomic E-state index is -0.244. The standard InChI is InChI=1S/C13H17N5O/c1-4-14-10-5-6-11(15-8-10)13(19)16-12-7-9(2)17-18(12)3/h5-8,14H,4H2,1-3H3,(H,16,19). The summed E-state index contributed by atoms with van der Waals surface area (Å²) in [7, 11) is 1.78. The van der Waals surface area contributed by atoms with E-state index >= 15 is 0 Å². The molecule has 6 heteroatoms. The van der Waals surface area contributed by atoms with Gasteiger partial charge in [-0.2, -0.15) is 5.10 Å². The second kappa shape index (κ2) is 5.51. The van der Waals surface area contributed by atoms with Crippen molar-refractivity contribution in [3.8, 4) is 0 Å². The third-order valence-corrected chi connectivity index (χ3v) is 2.62. The molecule has 2 aromatic heterocycles. The highest BCUT2D eigenvalue weighted by atomic mass is 16.2. The van der Waals surface area contributed by atoms with Crippen LogP contribution in [0.15, 0.2) is 24.4 Å². The number of pyridine rings is 1. The molecule has 0 atom stereocenters. The van der Waals surface area contributed by atoms with E-state index in [-0.39, 0.29) is 5.91 Å². The fraction of sp³-hybridized carbons (Fsp3) is 0.308. The van der Waals surface area contributed by atoms with Gasteiger partial charge in [-0.25, -0.2) is 4.98 Å². The van der Waals surface area contributed by atoms with Gasteiger partial charge in [-0.3, -0.25) is 9.48 Å². The van der Waals surface area contributed by atoms with Crippen molar-refractivity contribution in [1.82, 2.24) is 14.8 Å². The van der Waals surface area contributed by atoms with E-state index in [9.17, 15) is 4.79 Å².